The molecule has 0 amide bonds. The molecule has 2 saturated heterocycles. The summed E-state index contributed by atoms with van der Waals surface area (Å²) in [6, 6.07) is 19.4. The number of ether oxygens (including phenoxy) is 4. The van der Waals surface area contributed by atoms with Gasteiger partial charge in [-0.05, 0) is 67.9 Å². The second-order valence-corrected chi connectivity index (χ2v) is 14.2. The Morgan fingerprint density at radius 3 is 2.09 bits per heavy atom. The van der Waals surface area contributed by atoms with Crippen molar-refractivity contribution in [3.05, 3.63) is 83.9 Å². The van der Waals surface area contributed by atoms with Crippen molar-refractivity contribution in [1.82, 2.24) is 0 Å². The number of aryl methyl sites for hydroxylation is 1. The lowest BCUT2D eigenvalue weighted by Gasteiger charge is -2.48. The van der Waals surface area contributed by atoms with Gasteiger partial charge in [0.05, 0.1) is 0 Å². The third kappa shape index (κ3) is 9.17. The number of carbonyl (C=O) groups is 5. The predicted octanol–water partition coefficient (Wildman–Crippen LogP) is 4.08. The number of aliphatic hydroxyl groups excluding tert-OH is 1. The van der Waals surface area contributed by atoms with E-state index in [4.69, 9.17) is 18.9 Å². The Bertz CT molecular complexity index is 1650. The second kappa shape index (κ2) is 18.1. The van der Waals surface area contributed by atoms with Gasteiger partial charge in [-0.3, -0.25) is 9.59 Å². The highest BCUT2D eigenvalue weighted by molar-refractivity contribution is 5.98. The molecule has 9 atom stereocenters. The maximum atomic E-state index is 13.2. The van der Waals surface area contributed by atoms with Crippen molar-refractivity contribution in [3.8, 4) is 0 Å². The number of benzene rings is 2. The Balaban J connectivity index is 1.51. The van der Waals surface area contributed by atoms with Crippen molar-refractivity contribution in [2.24, 2.45) is 11.8 Å². The molecule has 5 N–H and O–H groups in total. The van der Waals surface area contributed by atoms with Gasteiger partial charge in [0.15, 0.2) is 6.10 Å². The second-order valence-electron chi connectivity index (χ2n) is 14.2. The Morgan fingerprint density at radius 1 is 0.889 bits per heavy atom. The first kappa shape index (κ1) is 42.1. The molecule has 2 aliphatic heterocycles. The molecule has 0 saturated carbocycles. The molecule has 3 unspecified atom stereocenters. The lowest BCUT2D eigenvalue weighted by Crippen LogP contribution is -2.78. The largest absolute Gasteiger partial charge is 0.479 e. The quantitative estimate of drug-likeness (QED) is 0.0950. The van der Waals surface area contributed by atoms with Crippen LogP contribution in [0.25, 0.3) is 0 Å². The summed E-state index contributed by atoms with van der Waals surface area (Å²) in [6.07, 6.45) is -1.75. The minimum absolute atomic E-state index is 0.0311. The molecule has 2 fully saturated rings. The summed E-state index contributed by atoms with van der Waals surface area (Å²) in [7, 11) is 0. The molecular weight excluding hydrogens is 704 g/mol. The van der Waals surface area contributed by atoms with Crippen LogP contribution in [-0.2, 0) is 55.8 Å². The highest BCUT2D eigenvalue weighted by Gasteiger charge is 2.85. The number of aliphatic carboxylic acids is 3. The van der Waals surface area contributed by atoms with Crippen LogP contribution < -0.4 is 0 Å². The highest BCUT2D eigenvalue weighted by atomic mass is 16.8. The van der Waals surface area contributed by atoms with Crippen molar-refractivity contribution in [3.63, 3.8) is 0 Å². The highest BCUT2D eigenvalue weighted by Crippen LogP contribution is 2.55. The molecule has 14 heteroatoms. The first-order chi connectivity index (χ1) is 25.6. The lowest BCUT2D eigenvalue weighted by atomic mass is 9.74. The molecule has 0 aromatic heterocycles. The maximum Gasteiger partial charge on any atom is 0.344 e. The van der Waals surface area contributed by atoms with Gasteiger partial charge in [-0.2, -0.15) is 0 Å². The summed E-state index contributed by atoms with van der Waals surface area (Å²) in [4.78, 5) is 63.2. The zero-order valence-corrected chi connectivity index (χ0v) is 30.7. The topological polar surface area (TPSA) is 223 Å². The van der Waals surface area contributed by atoms with Crippen LogP contribution in [0.1, 0.15) is 76.8 Å². The summed E-state index contributed by atoms with van der Waals surface area (Å²) in [5.41, 5.74) is -5.16. The third-order valence-corrected chi connectivity index (χ3v) is 10.2. The van der Waals surface area contributed by atoms with Crippen LogP contribution in [0.5, 0.6) is 0 Å². The Labute approximate surface area is 313 Å². The molecule has 14 nitrogen and oxygen atoms in total. The van der Waals surface area contributed by atoms with Crippen LogP contribution in [0.3, 0.4) is 0 Å². The number of rotatable bonds is 20. The van der Waals surface area contributed by atoms with Crippen LogP contribution in [0.15, 0.2) is 72.8 Å². The Morgan fingerprint density at radius 2 is 1.52 bits per heavy atom. The minimum Gasteiger partial charge on any atom is -0.479 e. The lowest BCUT2D eigenvalue weighted by molar-refractivity contribution is -0.374. The van der Waals surface area contributed by atoms with Crippen LogP contribution in [0.2, 0.25) is 0 Å². The number of esters is 2. The normalized spacial score (nSPS) is 27.8. The SMILES string of the molecule is CC(=O)OC(CCC[C@]12O[C@H](C(=O)O)[C@@](O)(C(=O)O)[C@](C(=O)O)(O1)[C@H](OC(=O)CC/C=C/C(C)CCCc1ccccc1)[C@H]2O)C(C)Cc1ccccc1. The van der Waals surface area contributed by atoms with Gasteiger partial charge in [0, 0.05) is 19.8 Å². The van der Waals surface area contributed by atoms with Gasteiger partial charge in [0.1, 0.15) is 12.2 Å². The maximum absolute atomic E-state index is 13.2. The molecular formula is C40H50O14. The number of carboxylic acid groups (broad SMARTS) is 3. The number of carbonyl (C=O) groups excluding carboxylic acids is 2. The van der Waals surface area contributed by atoms with Crippen LogP contribution in [-0.4, -0.2) is 96.8 Å². The molecule has 0 spiro atoms. The van der Waals surface area contributed by atoms with E-state index in [1.54, 1.807) is 6.08 Å². The number of fused-ring (bicyclic) bond motifs is 2. The average molecular weight is 755 g/mol. The number of allylic oxidation sites excluding steroid dienone is 2. The Hall–Kier alpha value is -4.63. The molecule has 54 heavy (non-hydrogen) atoms. The van der Waals surface area contributed by atoms with Crippen molar-refractivity contribution >= 4 is 29.8 Å². The van der Waals surface area contributed by atoms with Gasteiger partial charge >= 0.3 is 29.8 Å². The number of carboxylic acids is 3. The van der Waals surface area contributed by atoms with E-state index >= 15 is 0 Å². The van der Waals surface area contributed by atoms with E-state index in [0.29, 0.717) is 6.42 Å². The fraction of sp³-hybridized carbons (Fsp3) is 0.525. The fourth-order valence-electron chi connectivity index (χ4n) is 7.38. The average Bonchev–Trinajstić information content (AvgIpc) is 3.33. The van der Waals surface area contributed by atoms with E-state index in [0.717, 1.165) is 24.8 Å². The van der Waals surface area contributed by atoms with Gasteiger partial charge in [0.25, 0.3) is 0 Å². The van der Waals surface area contributed by atoms with E-state index in [2.05, 4.69) is 12.1 Å². The van der Waals surface area contributed by atoms with E-state index in [-0.39, 0.29) is 37.5 Å². The van der Waals surface area contributed by atoms with E-state index < -0.39 is 77.7 Å². The molecule has 2 aromatic rings. The van der Waals surface area contributed by atoms with Gasteiger partial charge in [-0.1, -0.05) is 86.7 Å². The fourth-order valence-corrected chi connectivity index (χ4v) is 7.38. The first-order valence-electron chi connectivity index (χ1n) is 18.2. The van der Waals surface area contributed by atoms with E-state index in [9.17, 15) is 49.5 Å². The van der Waals surface area contributed by atoms with Gasteiger partial charge < -0.3 is 44.5 Å². The molecule has 294 valence electrons. The van der Waals surface area contributed by atoms with E-state index in [1.807, 2.05) is 68.5 Å². The van der Waals surface area contributed by atoms with Crippen LogP contribution >= 0.6 is 0 Å². The smallest absolute Gasteiger partial charge is 0.344 e. The summed E-state index contributed by atoms with van der Waals surface area (Å²) >= 11 is 0. The van der Waals surface area contributed by atoms with Gasteiger partial charge in [-0.25, -0.2) is 14.4 Å². The zero-order chi connectivity index (χ0) is 39.7. The molecule has 0 radical (unpaired) electrons. The summed E-state index contributed by atoms with van der Waals surface area (Å²) < 4.78 is 22.2. The number of aliphatic hydroxyl groups is 2. The van der Waals surface area contributed by atoms with Crippen molar-refractivity contribution < 1.29 is 68.5 Å². The van der Waals surface area contributed by atoms with Gasteiger partial charge in [-0.15, -0.1) is 0 Å². The van der Waals surface area contributed by atoms with E-state index in [1.165, 1.54) is 12.5 Å². The predicted molar refractivity (Wildman–Crippen MR) is 191 cm³/mol. The summed E-state index contributed by atoms with van der Waals surface area (Å²) in [6.45, 7) is 5.12. The molecule has 2 heterocycles. The van der Waals surface area contributed by atoms with Crippen molar-refractivity contribution in [2.45, 2.75) is 120 Å². The molecule has 4 rings (SSSR count). The summed E-state index contributed by atoms with van der Waals surface area (Å²) in [5.74, 6) is -10.8. The van der Waals surface area contributed by atoms with Crippen LogP contribution in [0, 0.1) is 11.8 Å². The van der Waals surface area contributed by atoms with Crippen LogP contribution in [0.4, 0.5) is 0 Å². The molecule has 0 aliphatic carbocycles. The minimum atomic E-state index is -3.86. The van der Waals surface area contributed by atoms with Gasteiger partial charge in [0.2, 0.25) is 23.1 Å². The third-order valence-electron chi connectivity index (χ3n) is 10.2. The summed E-state index contributed by atoms with van der Waals surface area (Å²) in [5, 5.41) is 53.7. The zero-order valence-electron chi connectivity index (χ0n) is 30.7. The molecule has 2 aromatic carbocycles. The Kier molecular flexibility index (Phi) is 14.1. The van der Waals surface area contributed by atoms with Crippen molar-refractivity contribution in [1.29, 1.82) is 0 Å². The van der Waals surface area contributed by atoms with Crippen molar-refractivity contribution in [2.75, 3.05) is 0 Å². The molecule has 2 bridgehead atoms. The monoisotopic (exact) mass is 754 g/mol. The molecule has 2 aliphatic rings. The first-order valence-corrected chi connectivity index (χ1v) is 18.2. The standard InChI is InChI=1S/C40H50O14/c1-25(15-12-20-28-16-6-4-7-17-28)14-10-11-22-31(42)52-33-32(43)38(53-34(35(44)45)39(50,36(46)47)40(33,54-38)37(48)49)23-13-21-30(51-27(3)41)26(2)24-29-18-8-5-9-19-29/h4-10,14,16-19,25-26,30,32-34,43,50H,11-13,15,20-24H2,1-3H3,(H,44,45)(H,46,47)(H,48,49)/b14-10+/t25?,26?,30?,32-,33-,34-,38+,39-,40+/m1/s1. The number of hydrogen-bond acceptors (Lipinski definition) is 11. The number of hydrogen-bond donors (Lipinski definition) is 5.